The van der Waals surface area contributed by atoms with Crippen LogP contribution in [-0.2, 0) is 16.2 Å². The minimum Gasteiger partial charge on any atom is -0.321 e. The average molecular weight is 421 g/mol. The number of thiazole rings is 1. The fourth-order valence-corrected chi connectivity index (χ4v) is 4.50. The summed E-state index contributed by atoms with van der Waals surface area (Å²) in [7, 11) is -4.18. The zero-order valence-corrected chi connectivity index (χ0v) is 15.6. The fourth-order valence-electron chi connectivity index (χ4n) is 2.68. The molecule has 7 nitrogen and oxygen atoms in total. The van der Waals surface area contributed by atoms with Gasteiger partial charge in [-0.25, -0.2) is 18.8 Å². The monoisotopic (exact) mass is 421 g/mol. The van der Waals surface area contributed by atoms with Gasteiger partial charge in [-0.15, -0.1) is 11.3 Å². The van der Waals surface area contributed by atoms with Crippen LogP contribution in [0.1, 0.15) is 18.4 Å². The van der Waals surface area contributed by atoms with Gasteiger partial charge in [0.05, 0.1) is 16.1 Å². The molecule has 148 valence electrons. The predicted octanol–water partition coefficient (Wildman–Crippen LogP) is 2.63. The van der Waals surface area contributed by atoms with E-state index in [0.717, 1.165) is 42.9 Å². The first-order valence-corrected chi connectivity index (χ1v) is 10.5. The third kappa shape index (κ3) is 5.09. The molecule has 0 bridgehead atoms. The number of nitrogens with zero attached hydrogens (tertiary/aromatic N) is 1. The number of nitrogens with one attached hydrogen (secondary N) is 4. The first-order valence-electron chi connectivity index (χ1n) is 8.11. The summed E-state index contributed by atoms with van der Waals surface area (Å²) in [6, 6.07) is 3.00. The zero-order chi connectivity index (χ0) is 19.5. The SMILES string of the molecule is O=S(=O)(Nc1nccs1)c1ccc(NNC[C@@H]2CCCN2)c(C(F)(F)F)c1. The lowest BCUT2D eigenvalue weighted by Crippen LogP contribution is -2.37. The Kier molecular flexibility index (Phi) is 5.89. The van der Waals surface area contributed by atoms with Gasteiger partial charge in [-0.05, 0) is 37.6 Å². The minimum absolute atomic E-state index is 0.0801. The molecule has 0 unspecified atom stereocenters. The maximum Gasteiger partial charge on any atom is 0.418 e. The van der Waals surface area contributed by atoms with Crippen molar-refractivity contribution in [2.45, 2.75) is 30.0 Å². The van der Waals surface area contributed by atoms with Crippen molar-refractivity contribution >= 4 is 32.2 Å². The highest BCUT2D eigenvalue weighted by atomic mass is 32.2. The third-order valence-corrected chi connectivity index (χ3v) is 6.15. The van der Waals surface area contributed by atoms with Crippen LogP contribution in [-0.4, -0.2) is 32.5 Å². The van der Waals surface area contributed by atoms with Crippen molar-refractivity contribution in [3.63, 3.8) is 0 Å². The Morgan fingerprint density at radius 3 is 2.78 bits per heavy atom. The van der Waals surface area contributed by atoms with Crippen LogP contribution in [0.4, 0.5) is 24.0 Å². The van der Waals surface area contributed by atoms with Crippen molar-refractivity contribution in [1.29, 1.82) is 0 Å². The second-order valence-electron chi connectivity index (χ2n) is 5.95. The molecule has 0 saturated carbocycles. The largest absolute Gasteiger partial charge is 0.418 e. The summed E-state index contributed by atoms with van der Waals surface area (Å²) >= 11 is 1.03. The highest BCUT2D eigenvalue weighted by Crippen LogP contribution is 2.36. The first kappa shape index (κ1) is 19.9. The van der Waals surface area contributed by atoms with Crippen molar-refractivity contribution in [1.82, 2.24) is 15.7 Å². The van der Waals surface area contributed by atoms with E-state index in [2.05, 4.69) is 25.9 Å². The van der Waals surface area contributed by atoms with Crippen molar-refractivity contribution < 1.29 is 21.6 Å². The Morgan fingerprint density at radius 1 is 1.33 bits per heavy atom. The van der Waals surface area contributed by atoms with Crippen molar-refractivity contribution in [2.24, 2.45) is 0 Å². The predicted molar refractivity (Wildman–Crippen MR) is 97.0 cm³/mol. The number of aromatic nitrogens is 1. The molecule has 0 spiro atoms. The lowest BCUT2D eigenvalue weighted by molar-refractivity contribution is -0.137. The van der Waals surface area contributed by atoms with Gasteiger partial charge in [0.25, 0.3) is 10.0 Å². The van der Waals surface area contributed by atoms with E-state index in [4.69, 9.17) is 0 Å². The van der Waals surface area contributed by atoms with E-state index in [0.29, 0.717) is 12.6 Å². The summed E-state index contributed by atoms with van der Waals surface area (Å²) in [5.74, 6) is 0. The Morgan fingerprint density at radius 2 is 2.15 bits per heavy atom. The van der Waals surface area contributed by atoms with Crippen LogP contribution >= 0.6 is 11.3 Å². The summed E-state index contributed by atoms with van der Waals surface area (Å²) in [4.78, 5) is 3.28. The molecule has 1 aliphatic rings. The lowest BCUT2D eigenvalue weighted by atomic mass is 10.2. The second kappa shape index (κ2) is 8.00. The molecule has 4 N–H and O–H groups in total. The van der Waals surface area contributed by atoms with Crippen LogP contribution in [0.3, 0.4) is 0 Å². The number of rotatable bonds is 7. The summed E-state index contributed by atoms with van der Waals surface area (Å²) in [5, 5.41) is 4.85. The second-order valence-corrected chi connectivity index (χ2v) is 8.52. The van der Waals surface area contributed by atoms with E-state index in [1.165, 1.54) is 6.20 Å². The number of alkyl halides is 3. The molecule has 27 heavy (non-hydrogen) atoms. The van der Waals surface area contributed by atoms with Gasteiger partial charge in [-0.1, -0.05) is 0 Å². The third-order valence-electron chi connectivity index (χ3n) is 3.99. The van der Waals surface area contributed by atoms with Crippen LogP contribution in [0.5, 0.6) is 0 Å². The molecular formula is C15H18F3N5O2S2. The van der Waals surface area contributed by atoms with Gasteiger partial charge in [-0.3, -0.25) is 4.72 Å². The van der Waals surface area contributed by atoms with E-state index in [9.17, 15) is 21.6 Å². The molecule has 1 atom stereocenters. The maximum absolute atomic E-state index is 13.4. The quantitative estimate of drug-likeness (QED) is 0.514. The molecule has 2 heterocycles. The Hall–Kier alpha value is -1.89. The van der Waals surface area contributed by atoms with E-state index >= 15 is 0 Å². The molecule has 12 heteroatoms. The van der Waals surface area contributed by atoms with E-state index in [-0.39, 0.29) is 16.9 Å². The van der Waals surface area contributed by atoms with Crippen LogP contribution in [0, 0.1) is 0 Å². The zero-order valence-electron chi connectivity index (χ0n) is 14.0. The molecule has 0 aliphatic carbocycles. The highest BCUT2D eigenvalue weighted by Gasteiger charge is 2.35. The molecule has 1 saturated heterocycles. The van der Waals surface area contributed by atoms with Crippen LogP contribution in [0.25, 0.3) is 0 Å². The first-order chi connectivity index (χ1) is 12.8. The number of anilines is 2. The summed E-state index contributed by atoms with van der Waals surface area (Å²) in [6.45, 7) is 1.34. The van der Waals surface area contributed by atoms with Gasteiger partial charge in [0.15, 0.2) is 5.13 Å². The number of hydrogen-bond acceptors (Lipinski definition) is 7. The molecule has 1 aromatic carbocycles. The summed E-state index contributed by atoms with van der Waals surface area (Å²) in [6.07, 6.45) is -1.36. The topological polar surface area (TPSA) is 95.2 Å². The van der Waals surface area contributed by atoms with Gasteiger partial charge in [-0.2, -0.15) is 13.2 Å². The van der Waals surface area contributed by atoms with E-state index in [1.54, 1.807) is 5.38 Å². The molecular weight excluding hydrogens is 403 g/mol. The molecule has 1 fully saturated rings. The van der Waals surface area contributed by atoms with Crippen molar-refractivity contribution in [2.75, 3.05) is 23.2 Å². The summed E-state index contributed by atoms with van der Waals surface area (Å²) < 4.78 is 67.1. The number of benzene rings is 1. The molecule has 2 aromatic rings. The molecule has 1 aromatic heterocycles. The van der Waals surface area contributed by atoms with Gasteiger partial charge in [0, 0.05) is 24.2 Å². The molecule has 3 rings (SSSR count). The molecule has 0 radical (unpaired) electrons. The highest BCUT2D eigenvalue weighted by molar-refractivity contribution is 7.93. The normalized spacial score (nSPS) is 17.8. The van der Waals surface area contributed by atoms with Crippen molar-refractivity contribution in [3.05, 3.63) is 35.3 Å². The van der Waals surface area contributed by atoms with E-state index in [1.807, 2.05) is 0 Å². The van der Waals surface area contributed by atoms with E-state index < -0.39 is 26.7 Å². The van der Waals surface area contributed by atoms with Crippen LogP contribution in [0.2, 0.25) is 0 Å². The molecule has 1 aliphatic heterocycles. The Balaban J connectivity index is 1.78. The molecule has 0 amide bonds. The fraction of sp³-hybridized carbons (Fsp3) is 0.400. The number of hydrogen-bond donors (Lipinski definition) is 4. The summed E-state index contributed by atoms with van der Waals surface area (Å²) in [5.41, 5.74) is 3.99. The van der Waals surface area contributed by atoms with Gasteiger partial charge < -0.3 is 10.7 Å². The number of halogens is 3. The van der Waals surface area contributed by atoms with Crippen LogP contribution < -0.4 is 20.9 Å². The van der Waals surface area contributed by atoms with Crippen LogP contribution in [0.15, 0.2) is 34.7 Å². The number of hydrazine groups is 1. The lowest BCUT2D eigenvalue weighted by Gasteiger charge is -2.18. The minimum atomic E-state index is -4.72. The van der Waals surface area contributed by atoms with Gasteiger partial charge >= 0.3 is 6.18 Å². The Bertz CT molecular complexity index is 866. The van der Waals surface area contributed by atoms with Gasteiger partial charge in [0.1, 0.15) is 0 Å². The van der Waals surface area contributed by atoms with Gasteiger partial charge in [0.2, 0.25) is 0 Å². The smallest absolute Gasteiger partial charge is 0.321 e. The average Bonchev–Trinajstić information content (AvgIpc) is 3.27. The standard InChI is InChI=1S/C15H18F3N5O2S2/c16-15(17,18)12-8-11(27(24,25)23-14-20-6-7-26-14)3-4-13(12)22-21-9-10-2-1-5-19-10/h3-4,6-8,10,19,21-22H,1-2,5,9H2,(H,20,23)/t10-/m0/s1. The maximum atomic E-state index is 13.4. The number of sulfonamides is 1. The Labute approximate surface area is 158 Å². The van der Waals surface area contributed by atoms with Crippen molar-refractivity contribution in [3.8, 4) is 0 Å².